The molecule has 1 saturated heterocycles. The molecule has 1 aromatic heterocycles. The van der Waals surface area contributed by atoms with Gasteiger partial charge in [-0.15, -0.1) is 0 Å². The van der Waals surface area contributed by atoms with Crippen molar-refractivity contribution in [2.75, 3.05) is 31.1 Å². The highest BCUT2D eigenvalue weighted by atomic mass is 16.5. The van der Waals surface area contributed by atoms with Crippen molar-refractivity contribution in [1.82, 2.24) is 15.5 Å². The van der Waals surface area contributed by atoms with Crippen LogP contribution in [0, 0.1) is 17.8 Å². The van der Waals surface area contributed by atoms with E-state index in [4.69, 9.17) is 15.0 Å². The van der Waals surface area contributed by atoms with Gasteiger partial charge in [-0.05, 0) is 74.1 Å². The standard InChI is InChI=1S/C30H43N5O4/c1-4-22(27(31)36)13-16-32-29(37)25-7-5-23(6-8-25)24-9-11-26(12-10-24)38-19-21-14-17-35(18-15-21)30-33-28(20(2)3)34-39-30/h5,9-12,20-22,25H,4,6-8,13-19H2,1-3H3,(H2,31,36)(H,32,37). The molecule has 2 aliphatic rings. The molecule has 0 spiro atoms. The molecule has 2 amide bonds. The molecule has 2 unspecified atom stereocenters. The molecule has 0 saturated carbocycles. The van der Waals surface area contributed by atoms with Gasteiger partial charge in [-0.2, -0.15) is 4.98 Å². The Kier molecular flexibility index (Phi) is 10.0. The molecule has 212 valence electrons. The number of primary amides is 1. The number of carbonyl (C=O) groups is 2. The smallest absolute Gasteiger partial charge is 0.324 e. The maximum absolute atomic E-state index is 12.6. The number of carbonyl (C=O) groups excluding carboxylic acids is 2. The summed E-state index contributed by atoms with van der Waals surface area (Å²) >= 11 is 0. The molecule has 1 aliphatic carbocycles. The summed E-state index contributed by atoms with van der Waals surface area (Å²) in [6.07, 6.45) is 7.96. The molecule has 2 aromatic rings. The van der Waals surface area contributed by atoms with E-state index in [1.54, 1.807) is 0 Å². The van der Waals surface area contributed by atoms with Gasteiger partial charge in [0.15, 0.2) is 5.82 Å². The Morgan fingerprint density at radius 1 is 1.18 bits per heavy atom. The predicted molar refractivity (Wildman–Crippen MR) is 151 cm³/mol. The van der Waals surface area contributed by atoms with Gasteiger partial charge in [0, 0.05) is 37.4 Å². The van der Waals surface area contributed by atoms with E-state index in [-0.39, 0.29) is 29.6 Å². The third-order valence-electron chi connectivity index (χ3n) is 8.01. The Balaban J connectivity index is 1.17. The Hall–Kier alpha value is -3.36. The summed E-state index contributed by atoms with van der Waals surface area (Å²) in [7, 11) is 0. The minimum atomic E-state index is -0.296. The molecule has 2 heterocycles. The van der Waals surface area contributed by atoms with Crippen LogP contribution in [0.4, 0.5) is 6.01 Å². The van der Waals surface area contributed by atoms with E-state index in [0.29, 0.717) is 37.9 Å². The number of allylic oxidation sites excluding steroid dienone is 2. The van der Waals surface area contributed by atoms with Crippen LogP contribution in [0.1, 0.15) is 83.0 Å². The lowest BCUT2D eigenvalue weighted by Crippen LogP contribution is -2.35. The van der Waals surface area contributed by atoms with Crippen molar-refractivity contribution in [3.8, 4) is 5.75 Å². The van der Waals surface area contributed by atoms with Gasteiger partial charge in [0.2, 0.25) is 11.8 Å². The molecule has 39 heavy (non-hydrogen) atoms. The van der Waals surface area contributed by atoms with Gasteiger partial charge in [-0.25, -0.2) is 0 Å². The van der Waals surface area contributed by atoms with Gasteiger partial charge >= 0.3 is 6.01 Å². The lowest BCUT2D eigenvalue weighted by Gasteiger charge is -2.30. The second-order valence-electron chi connectivity index (χ2n) is 11.1. The van der Waals surface area contributed by atoms with Gasteiger partial charge in [0.05, 0.1) is 6.61 Å². The van der Waals surface area contributed by atoms with Gasteiger partial charge in [-0.1, -0.05) is 44.1 Å². The first-order valence-corrected chi connectivity index (χ1v) is 14.4. The van der Waals surface area contributed by atoms with Crippen LogP contribution in [0.5, 0.6) is 5.75 Å². The molecular formula is C30H43N5O4. The summed E-state index contributed by atoms with van der Waals surface area (Å²) in [5, 5.41) is 7.06. The highest BCUT2D eigenvalue weighted by Gasteiger charge is 2.25. The van der Waals surface area contributed by atoms with Crippen molar-refractivity contribution >= 4 is 23.4 Å². The number of hydrogen-bond acceptors (Lipinski definition) is 7. The fourth-order valence-electron chi connectivity index (χ4n) is 5.26. The lowest BCUT2D eigenvalue weighted by molar-refractivity contribution is -0.126. The molecule has 1 aromatic carbocycles. The lowest BCUT2D eigenvalue weighted by atomic mass is 9.86. The Morgan fingerprint density at radius 3 is 2.51 bits per heavy atom. The van der Waals surface area contributed by atoms with Crippen LogP contribution in [0.15, 0.2) is 34.9 Å². The normalized spacial score (nSPS) is 19.0. The van der Waals surface area contributed by atoms with E-state index >= 15 is 0 Å². The van der Waals surface area contributed by atoms with Gasteiger partial charge in [0.25, 0.3) is 0 Å². The van der Waals surface area contributed by atoms with Crippen molar-refractivity contribution < 1.29 is 18.8 Å². The number of anilines is 1. The number of hydrogen-bond donors (Lipinski definition) is 2. The molecule has 2 atom stereocenters. The molecule has 4 rings (SSSR count). The number of piperidine rings is 1. The van der Waals surface area contributed by atoms with E-state index in [1.807, 2.05) is 19.1 Å². The summed E-state index contributed by atoms with van der Waals surface area (Å²) < 4.78 is 11.6. The van der Waals surface area contributed by atoms with Crippen molar-refractivity contribution in [3.63, 3.8) is 0 Å². The molecule has 3 N–H and O–H groups in total. The fourth-order valence-corrected chi connectivity index (χ4v) is 5.26. The van der Waals surface area contributed by atoms with Crippen LogP contribution in [0.2, 0.25) is 0 Å². The SMILES string of the molecule is CCC(CCNC(=O)C1CC=C(c2ccc(OCC3CCN(c4nc(C(C)C)no4)CC3)cc2)CC1)C(N)=O. The number of rotatable bonds is 12. The maximum atomic E-state index is 12.6. The number of nitrogens with one attached hydrogen (secondary N) is 1. The molecule has 9 heteroatoms. The predicted octanol–water partition coefficient (Wildman–Crippen LogP) is 4.69. The van der Waals surface area contributed by atoms with Gasteiger partial charge < -0.3 is 25.2 Å². The Bertz CT molecular complexity index is 1120. The van der Waals surface area contributed by atoms with E-state index in [1.165, 1.54) is 11.1 Å². The van der Waals surface area contributed by atoms with Crippen LogP contribution in [0.25, 0.3) is 5.57 Å². The Morgan fingerprint density at radius 2 is 1.92 bits per heavy atom. The van der Waals surface area contributed by atoms with Crippen molar-refractivity contribution in [3.05, 3.63) is 41.7 Å². The van der Waals surface area contributed by atoms with Crippen molar-refractivity contribution in [2.45, 2.75) is 71.6 Å². The highest BCUT2D eigenvalue weighted by Crippen LogP contribution is 2.31. The number of aromatic nitrogens is 2. The second kappa shape index (κ2) is 13.6. The van der Waals surface area contributed by atoms with Crippen LogP contribution in [-0.4, -0.2) is 48.2 Å². The van der Waals surface area contributed by atoms with Crippen LogP contribution >= 0.6 is 0 Å². The fraction of sp³-hybridized carbons (Fsp3) is 0.600. The largest absolute Gasteiger partial charge is 0.493 e. The summed E-state index contributed by atoms with van der Waals surface area (Å²) in [5.41, 5.74) is 7.85. The highest BCUT2D eigenvalue weighted by molar-refractivity contribution is 5.81. The minimum Gasteiger partial charge on any atom is -0.493 e. The van der Waals surface area contributed by atoms with Crippen LogP contribution in [0.3, 0.4) is 0 Å². The minimum absolute atomic E-state index is 0.0199. The van der Waals surface area contributed by atoms with E-state index in [9.17, 15) is 9.59 Å². The number of nitrogens with zero attached hydrogens (tertiary/aromatic N) is 3. The first-order chi connectivity index (χ1) is 18.8. The molecule has 1 aliphatic heterocycles. The zero-order valence-corrected chi connectivity index (χ0v) is 23.5. The Labute approximate surface area is 231 Å². The average molecular weight is 538 g/mol. The second-order valence-corrected chi connectivity index (χ2v) is 11.1. The first kappa shape index (κ1) is 28.6. The molecule has 0 bridgehead atoms. The molecule has 0 radical (unpaired) electrons. The van der Waals surface area contributed by atoms with E-state index in [2.05, 4.69) is 52.4 Å². The summed E-state index contributed by atoms with van der Waals surface area (Å²) in [6, 6.07) is 8.93. The number of nitrogens with two attached hydrogens (primary N) is 1. The average Bonchev–Trinajstić information content (AvgIpc) is 3.46. The molecule has 9 nitrogen and oxygen atoms in total. The van der Waals surface area contributed by atoms with E-state index < -0.39 is 0 Å². The summed E-state index contributed by atoms with van der Waals surface area (Å²) in [6.45, 7) is 9.05. The zero-order valence-electron chi connectivity index (χ0n) is 23.5. The van der Waals surface area contributed by atoms with E-state index in [0.717, 1.165) is 56.8 Å². The quantitative estimate of drug-likeness (QED) is 0.403. The van der Waals surface area contributed by atoms with Crippen molar-refractivity contribution in [1.29, 1.82) is 0 Å². The number of benzene rings is 1. The van der Waals surface area contributed by atoms with Gasteiger partial charge in [-0.3, -0.25) is 9.59 Å². The zero-order chi connectivity index (χ0) is 27.8. The van der Waals surface area contributed by atoms with Crippen LogP contribution in [-0.2, 0) is 9.59 Å². The first-order valence-electron chi connectivity index (χ1n) is 14.4. The monoisotopic (exact) mass is 537 g/mol. The third kappa shape index (κ3) is 7.83. The van der Waals surface area contributed by atoms with Crippen LogP contribution < -0.4 is 20.7 Å². The number of ether oxygens (including phenoxy) is 1. The van der Waals surface area contributed by atoms with Crippen molar-refractivity contribution in [2.24, 2.45) is 23.5 Å². The summed E-state index contributed by atoms with van der Waals surface area (Å²) in [5.74, 6) is 1.98. The molecule has 1 fully saturated rings. The van der Waals surface area contributed by atoms with Gasteiger partial charge in [0.1, 0.15) is 5.75 Å². The molecular weight excluding hydrogens is 494 g/mol. The topological polar surface area (TPSA) is 124 Å². The number of amides is 2. The summed E-state index contributed by atoms with van der Waals surface area (Å²) in [4.78, 5) is 30.6. The maximum Gasteiger partial charge on any atom is 0.324 e. The third-order valence-corrected chi connectivity index (χ3v) is 8.01.